The lowest BCUT2D eigenvalue weighted by Crippen LogP contribution is -2.60. The Kier molecular flexibility index (Phi) is 6.10. The molecule has 4 aliphatic carbocycles. The molecule has 4 saturated carbocycles. The second kappa shape index (κ2) is 8.09. The van der Waals surface area contributed by atoms with Crippen molar-refractivity contribution < 1.29 is 14.6 Å². The van der Waals surface area contributed by atoms with E-state index in [2.05, 4.69) is 34.6 Å². The highest BCUT2D eigenvalue weighted by Gasteiger charge is 2.64. The zero-order chi connectivity index (χ0) is 21.8. The Hall–Kier alpha value is -0.570. The van der Waals surface area contributed by atoms with Crippen molar-refractivity contribution in [2.75, 3.05) is 7.11 Å². The van der Waals surface area contributed by atoms with Crippen molar-refractivity contribution in [1.82, 2.24) is 0 Å². The van der Waals surface area contributed by atoms with Gasteiger partial charge in [-0.3, -0.25) is 4.79 Å². The summed E-state index contributed by atoms with van der Waals surface area (Å²) in [6.07, 6.45) is 10.2. The van der Waals surface area contributed by atoms with E-state index >= 15 is 0 Å². The highest BCUT2D eigenvalue weighted by atomic mass is 16.5. The quantitative estimate of drug-likeness (QED) is 0.562. The molecule has 11 atom stereocenters. The summed E-state index contributed by atoms with van der Waals surface area (Å²) in [5.41, 5.74) is 0.441. The number of hydrogen-bond donors (Lipinski definition) is 1. The van der Waals surface area contributed by atoms with Gasteiger partial charge in [0.25, 0.3) is 0 Å². The molecule has 172 valence electrons. The first-order valence-corrected chi connectivity index (χ1v) is 12.9. The van der Waals surface area contributed by atoms with Crippen LogP contribution in [0, 0.1) is 58.2 Å². The molecule has 0 unspecified atom stereocenters. The maximum atomic E-state index is 11.7. The molecule has 3 nitrogen and oxygen atoms in total. The number of esters is 1. The van der Waals surface area contributed by atoms with Crippen molar-refractivity contribution in [3.05, 3.63) is 0 Å². The van der Waals surface area contributed by atoms with Crippen LogP contribution in [0.25, 0.3) is 0 Å². The highest BCUT2D eigenvalue weighted by Crippen LogP contribution is 2.69. The molecular formula is C27H46O3. The van der Waals surface area contributed by atoms with Gasteiger partial charge in [0.15, 0.2) is 0 Å². The fourth-order valence-electron chi connectivity index (χ4n) is 9.43. The summed E-state index contributed by atoms with van der Waals surface area (Å²) >= 11 is 0. The number of aliphatic hydroxyl groups excluding tert-OH is 1. The van der Waals surface area contributed by atoms with E-state index in [0.717, 1.165) is 36.5 Å². The molecule has 0 bridgehead atoms. The maximum Gasteiger partial charge on any atom is 0.305 e. The molecule has 4 aliphatic rings. The normalized spacial score (nSPS) is 51.4. The van der Waals surface area contributed by atoms with Crippen LogP contribution in [0.3, 0.4) is 0 Å². The van der Waals surface area contributed by atoms with E-state index in [4.69, 9.17) is 4.74 Å². The van der Waals surface area contributed by atoms with Gasteiger partial charge in [-0.25, -0.2) is 0 Å². The summed E-state index contributed by atoms with van der Waals surface area (Å²) in [7, 11) is 1.48. The molecule has 0 aliphatic heterocycles. The predicted octanol–water partition coefficient (Wildman–Crippen LogP) is 6.09. The minimum Gasteiger partial charge on any atom is -0.469 e. The Morgan fingerprint density at radius 3 is 2.53 bits per heavy atom. The number of hydrogen-bond acceptors (Lipinski definition) is 3. The second-order valence-electron chi connectivity index (χ2n) is 12.5. The predicted molar refractivity (Wildman–Crippen MR) is 121 cm³/mol. The third kappa shape index (κ3) is 3.37. The smallest absolute Gasteiger partial charge is 0.305 e. The summed E-state index contributed by atoms with van der Waals surface area (Å²) < 4.78 is 4.88. The second-order valence-corrected chi connectivity index (χ2v) is 12.5. The van der Waals surface area contributed by atoms with Crippen LogP contribution in [-0.4, -0.2) is 24.3 Å². The van der Waals surface area contributed by atoms with Gasteiger partial charge in [-0.05, 0) is 103 Å². The molecule has 4 fully saturated rings. The third-order valence-electron chi connectivity index (χ3n) is 11.2. The van der Waals surface area contributed by atoms with E-state index in [-0.39, 0.29) is 17.5 Å². The van der Waals surface area contributed by atoms with Crippen LogP contribution in [0.5, 0.6) is 0 Å². The SMILES string of the molecule is COC(=O)CC[C@@H](C)[C@H]1CC[C@H]2[C@@H]3[C@H](C)C[C@@H]4C[C@H](C)CC[C@]4(C)[C@H]3C[C@H](O)[C@]12C. The molecule has 0 saturated heterocycles. The van der Waals surface area contributed by atoms with Crippen molar-refractivity contribution in [1.29, 1.82) is 0 Å². The van der Waals surface area contributed by atoms with Crippen molar-refractivity contribution in [3.8, 4) is 0 Å². The van der Waals surface area contributed by atoms with Crippen molar-refractivity contribution in [3.63, 3.8) is 0 Å². The Morgan fingerprint density at radius 1 is 1.10 bits per heavy atom. The van der Waals surface area contributed by atoms with Gasteiger partial charge in [-0.2, -0.15) is 0 Å². The molecule has 4 rings (SSSR count). The van der Waals surface area contributed by atoms with Crippen LogP contribution in [-0.2, 0) is 9.53 Å². The summed E-state index contributed by atoms with van der Waals surface area (Å²) in [5, 5.41) is 11.7. The molecular weight excluding hydrogens is 372 g/mol. The summed E-state index contributed by atoms with van der Waals surface area (Å²) in [4.78, 5) is 11.7. The molecule has 30 heavy (non-hydrogen) atoms. The molecule has 0 heterocycles. The monoisotopic (exact) mass is 418 g/mol. The topological polar surface area (TPSA) is 46.5 Å². The first kappa shape index (κ1) is 22.6. The number of carbonyl (C=O) groups is 1. The minimum atomic E-state index is -0.195. The third-order valence-corrected chi connectivity index (χ3v) is 11.2. The standard InChI is InChI=1S/C27H46O3/c1-16-11-12-26(4)19(13-16)14-18(3)25-21-9-8-20(17(2)7-10-24(29)30-6)27(21,5)23(28)15-22(25)26/h16-23,25,28H,7-15H2,1-6H3/t16-,17-,18-,19+,20-,21+,22+,23+,25+,26+,27-/m1/s1. The lowest BCUT2D eigenvalue weighted by Gasteiger charge is -2.64. The van der Waals surface area contributed by atoms with Crippen LogP contribution in [0.15, 0.2) is 0 Å². The molecule has 0 radical (unpaired) electrons. The maximum absolute atomic E-state index is 11.7. The number of ether oxygens (including phenoxy) is 1. The van der Waals surface area contributed by atoms with Crippen molar-refractivity contribution in [2.24, 2.45) is 58.2 Å². The first-order chi connectivity index (χ1) is 14.1. The average Bonchev–Trinajstić information content (AvgIpc) is 3.06. The van der Waals surface area contributed by atoms with E-state index in [9.17, 15) is 9.90 Å². The van der Waals surface area contributed by atoms with E-state index in [0.29, 0.717) is 35.5 Å². The first-order valence-electron chi connectivity index (χ1n) is 12.9. The molecule has 0 aromatic rings. The summed E-state index contributed by atoms with van der Waals surface area (Å²) in [5.74, 6) is 5.49. The fourth-order valence-corrected chi connectivity index (χ4v) is 9.43. The van der Waals surface area contributed by atoms with Crippen LogP contribution in [0.1, 0.15) is 92.4 Å². The van der Waals surface area contributed by atoms with E-state index in [1.54, 1.807) is 0 Å². The largest absolute Gasteiger partial charge is 0.469 e. The van der Waals surface area contributed by atoms with Gasteiger partial charge in [-0.15, -0.1) is 0 Å². The van der Waals surface area contributed by atoms with Gasteiger partial charge in [0.2, 0.25) is 0 Å². The molecule has 3 heteroatoms. The van der Waals surface area contributed by atoms with E-state index in [1.807, 2.05) is 0 Å². The van der Waals surface area contributed by atoms with Crippen LogP contribution < -0.4 is 0 Å². The molecule has 0 aromatic carbocycles. The van der Waals surface area contributed by atoms with Gasteiger partial charge in [0.05, 0.1) is 13.2 Å². The minimum absolute atomic E-state index is 0.0100. The van der Waals surface area contributed by atoms with Crippen LogP contribution >= 0.6 is 0 Å². The molecule has 0 aromatic heterocycles. The van der Waals surface area contributed by atoms with E-state index in [1.165, 1.54) is 45.6 Å². The number of carbonyl (C=O) groups excluding carboxylic acids is 1. The Balaban J connectivity index is 1.58. The average molecular weight is 419 g/mol. The lowest BCUT2D eigenvalue weighted by atomic mass is 9.41. The molecule has 1 N–H and O–H groups in total. The van der Waals surface area contributed by atoms with Crippen molar-refractivity contribution in [2.45, 2.75) is 98.5 Å². The van der Waals surface area contributed by atoms with E-state index < -0.39 is 0 Å². The number of rotatable bonds is 4. The lowest BCUT2D eigenvalue weighted by molar-refractivity contribution is -0.186. The summed E-state index contributed by atoms with van der Waals surface area (Å²) in [6, 6.07) is 0. The van der Waals surface area contributed by atoms with Gasteiger partial charge < -0.3 is 9.84 Å². The molecule has 0 amide bonds. The molecule has 0 spiro atoms. The Morgan fingerprint density at radius 2 is 1.83 bits per heavy atom. The number of aliphatic hydroxyl groups is 1. The zero-order valence-electron chi connectivity index (χ0n) is 20.3. The van der Waals surface area contributed by atoms with Crippen LogP contribution in [0.4, 0.5) is 0 Å². The van der Waals surface area contributed by atoms with Crippen molar-refractivity contribution >= 4 is 5.97 Å². The Labute approximate surface area is 184 Å². The van der Waals surface area contributed by atoms with Gasteiger partial charge in [0, 0.05) is 6.42 Å². The summed E-state index contributed by atoms with van der Waals surface area (Å²) in [6.45, 7) is 12.3. The highest BCUT2D eigenvalue weighted by molar-refractivity contribution is 5.69. The number of methoxy groups -OCH3 is 1. The fraction of sp³-hybridized carbons (Fsp3) is 0.963. The van der Waals surface area contributed by atoms with Gasteiger partial charge in [-0.1, -0.05) is 41.0 Å². The van der Waals surface area contributed by atoms with Gasteiger partial charge >= 0.3 is 5.97 Å². The number of fused-ring (bicyclic) bond motifs is 5. The zero-order valence-corrected chi connectivity index (χ0v) is 20.3. The van der Waals surface area contributed by atoms with Gasteiger partial charge in [0.1, 0.15) is 0 Å². The van der Waals surface area contributed by atoms with Crippen LogP contribution in [0.2, 0.25) is 0 Å². The Bertz CT molecular complexity index is 646.